The van der Waals surface area contributed by atoms with E-state index in [-0.39, 0.29) is 34.3 Å². The van der Waals surface area contributed by atoms with Crippen LogP contribution in [0.5, 0.6) is 5.75 Å². The third-order valence-corrected chi connectivity index (χ3v) is 9.61. The van der Waals surface area contributed by atoms with Crippen molar-refractivity contribution < 1.29 is 31.5 Å². The van der Waals surface area contributed by atoms with Crippen LogP contribution in [-0.2, 0) is 22.5 Å². The van der Waals surface area contributed by atoms with Gasteiger partial charge in [0.25, 0.3) is 0 Å². The number of allylic oxidation sites excluding steroid dienone is 2. The summed E-state index contributed by atoms with van der Waals surface area (Å²) in [7, 11) is 0. The topological polar surface area (TPSA) is 47.3 Å². The average Bonchev–Trinajstić information content (AvgIpc) is 3.79. The van der Waals surface area contributed by atoms with Crippen molar-refractivity contribution in [2.45, 2.75) is 87.5 Å². The second-order valence-electron chi connectivity index (χ2n) is 14.1. The average molecular weight is 687 g/mol. The van der Waals surface area contributed by atoms with E-state index in [4.69, 9.17) is 4.74 Å². The number of hydrogen-bond donors (Lipinski definition) is 1. The second kappa shape index (κ2) is 18.0. The Kier molecular flexibility index (Phi) is 14.9. The molecule has 2 heterocycles. The summed E-state index contributed by atoms with van der Waals surface area (Å²) in [4.78, 5) is 0. The van der Waals surface area contributed by atoms with Crippen molar-refractivity contribution in [2.75, 3.05) is 13.1 Å². The molecule has 48 heavy (non-hydrogen) atoms. The predicted octanol–water partition coefficient (Wildman–Crippen LogP) is 8.80. The van der Waals surface area contributed by atoms with Crippen molar-refractivity contribution in [3.05, 3.63) is 145 Å². The maximum Gasteiger partial charge on any atom is 0.187 e. The van der Waals surface area contributed by atoms with E-state index in [1.165, 1.54) is 73.2 Å². The molecular weight excluding hydrogens is 632 g/mol. The van der Waals surface area contributed by atoms with Gasteiger partial charge in [-0.2, -0.15) is 0 Å². The second-order valence-corrected chi connectivity index (χ2v) is 14.1. The first-order valence-electron chi connectivity index (χ1n) is 17.1. The van der Waals surface area contributed by atoms with E-state index in [2.05, 4.69) is 90.6 Å². The number of nitrogens with zero attached hydrogens (tertiary/aromatic N) is 1. The van der Waals surface area contributed by atoms with Gasteiger partial charge in [-0.1, -0.05) is 118 Å². The van der Waals surface area contributed by atoms with E-state index in [0.717, 1.165) is 11.1 Å². The summed E-state index contributed by atoms with van der Waals surface area (Å²) < 4.78 is 8.26. The Labute approximate surface area is 304 Å². The van der Waals surface area contributed by atoms with Crippen LogP contribution in [0.15, 0.2) is 72.8 Å². The third-order valence-electron chi connectivity index (χ3n) is 9.61. The smallest absolute Gasteiger partial charge is 0.187 e. The van der Waals surface area contributed by atoms with Gasteiger partial charge in [-0.3, -0.25) is 0 Å². The van der Waals surface area contributed by atoms with Gasteiger partial charge >= 0.3 is 0 Å². The van der Waals surface area contributed by atoms with Gasteiger partial charge in [0.15, 0.2) is 5.71 Å². The molecule has 6 rings (SSSR count). The van der Waals surface area contributed by atoms with Crippen LogP contribution >= 0.6 is 0 Å². The van der Waals surface area contributed by atoms with Gasteiger partial charge in [0.2, 0.25) is 0 Å². The summed E-state index contributed by atoms with van der Waals surface area (Å²) in [5, 5.41) is 16.0. The largest absolute Gasteiger partial charge is 0.579 e. The molecule has 0 bridgehead atoms. The van der Waals surface area contributed by atoms with Crippen LogP contribution < -0.4 is 15.2 Å². The van der Waals surface area contributed by atoms with E-state index in [1.54, 1.807) is 0 Å². The molecule has 5 heteroatoms. The van der Waals surface area contributed by atoms with Gasteiger partial charge in [-0.15, -0.1) is 0 Å². The van der Waals surface area contributed by atoms with E-state index >= 15 is 0 Å². The Bertz CT molecular complexity index is 1340. The molecule has 0 atom stereocenters. The van der Waals surface area contributed by atoms with Gasteiger partial charge in [-0.05, 0) is 83.0 Å². The number of nitrogens with one attached hydrogen (secondary N) is 1. The van der Waals surface area contributed by atoms with Gasteiger partial charge in [0.1, 0.15) is 19.0 Å². The molecule has 1 saturated heterocycles. The molecule has 256 valence electrons. The number of para-hydroxylation sites is 1. The summed E-state index contributed by atoms with van der Waals surface area (Å²) >= 11 is 0. The van der Waals surface area contributed by atoms with Crippen molar-refractivity contribution in [3.63, 3.8) is 0 Å². The molecule has 2 aromatic rings. The molecule has 10 radical (unpaired) electrons. The molecule has 0 unspecified atom stereocenters. The minimum atomic E-state index is -0.275. The number of fused-ring (bicyclic) bond motifs is 1. The van der Waals surface area contributed by atoms with Crippen molar-refractivity contribution in [1.82, 2.24) is 5.32 Å². The van der Waals surface area contributed by atoms with Crippen LogP contribution in [0.4, 0.5) is 0 Å². The van der Waals surface area contributed by atoms with E-state index < -0.39 is 0 Å². The summed E-state index contributed by atoms with van der Waals surface area (Å²) in [6.07, 6.45) is 13.3. The minimum absolute atomic E-state index is 0. The fraction of sp³-hybridized carbons (Fsp3) is 0.372. The molecule has 0 spiro atoms. The van der Waals surface area contributed by atoms with Crippen LogP contribution in [0.2, 0.25) is 0 Å². The van der Waals surface area contributed by atoms with Crippen molar-refractivity contribution >= 4 is 11.3 Å². The number of hydrogen-bond acceptors (Lipinski definition) is 3. The first-order valence-corrected chi connectivity index (χ1v) is 17.1. The minimum Gasteiger partial charge on any atom is -0.579 e. The molecule has 0 aromatic heterocycles. The van der Waals surface area contributed by atoms with Gasteiger partial charge in [0.05, 0.1) is 12.0 Å². The van der Waals surface area contributed by atoms with E-state index in [9.17, 15) is 5.11 Å². The van der Waals surface area contributed by atoms with E-state index in [0.29, 0.717) is 11.3 Å². The van der Waals surface area contributed by atoms with Gasteiger partial charge in [0, 0.05) is 47.9 Å². The third kappa shape index (κ3) is 9.81. The first-order chi connectivity index (χ1) is 22.3. The zero-order valence-corrected chi connectivity index (χ0v) is 31.7. The summed E-state index contributed by atoms with van der Waals surface area (Å²) in [6, 6.07) is 18.7. The Morgan fingerprint density at radius 1 is 0.792 bits per heavy atom. The normalized spacial score (nSPS) is 20.4. The first kappa shape index (κ1) is 39.9. The zero-order chi connectivity index (χ0) is 34.3. The van der Waals surface area contributed by atoms with Gasteiger partial charge in [-0.25, -0.2) is 4.58 Å². The Morgan fingerprint density at radius 2 is 1.33 bits per heavy atom. The van der Waals surface area contributed by atoms with Crippen LogP contribution in [0.3, 0.4) is 0 Å². The molecule has 1 N–H and O–H groups in total. The molecule has 2 saturated carbocycles. The molecule has 0 amide bonds. The maximum atomic E-state index is 12.8. The van der Waals surface area contributed by atoms with Gasteiger partial charge < -0.3 is 15.2 Å². The fourth-order valence-corrected chi connectivity index (χ4v) is 6.34. The monoisotopic (exact) mass is 686 g/mol. The zero-order valence-electron chi connectivity index (χ0n) is 30.6. The number of rotatable bonds is 4. The van der Waals surface area contributed by atoms with Crippen LogP contribution in [0.1, 0.15) is 93.2 Å². The molecule has 2 aliphatic carbocycles. The molecule has 2 aromatic carbocycles. The Morgan fingerprint density at radius 3 is 1.88 bits per heavy atom. The number of benzene rings is 2. The molecule has 4 nitrogen and oxygen atoms in total. The van der Waals surface area contributed by atoms with Crippen LogP contribution in [-0.4, -0.2) is 23.4 Å². The van der Waals surface area contributed by atoms with Crippen molar-refractivity contribution in [3.8, 4) is 5.75 Å². The standard InChI is InChI=1S/C21H26O2.C12H14N2.C10H15.Fe/c1-15(2)19(16-11-7-6-8-12-16)20(22)23-18-14-10-9-13-17(18)21(3,4)5;1-2-9-14(8-1)12-6-7-13-11-5-3-4-10(11)12;1-6-7(2)9(4)10(5)8(6)3;/h6-15,22H,1-5H3;3-7,13H,1-2,8-9H2;1-5H3;/q;+1;;/p-1/b20-19+;;;. The fourth-order valence-electron chi connectivity index (χ4n) is 6.34. The van der Waals surface area contributed by atoms with Crippen LogP contribution in [0, 0.1) is 66.7 Å². The van der Waals surface area contributed by atoms with Crippen molar-refractivity contribution in [2.24, 2.45) is 5.92 Å². The predicted molar refractivity (Wildman–Crippen MR) is 194 cm³/mol. The Hall–Kier alpha value is -2.49. The summed E-state index contributed by atoms with van der Waals surface area (Å²) in [6.45, 7) is 23.8. The van der Waals surface area contributed by atoms with Crippen molar-refractivity contribution in [1.29, 1.82) is 0 Å². The molecule has 2 aliphatic heterocycles. The SMILES string of the molecule is CC(C)/C(=C(/[O-])Oc1ccccc1C(C)(C)C)c1ccccc1.C[C]1[C](C)[C](C)[C](C)[C]1C.[CH]1[CH][C]2NC=CC(=[N+]3CCCC3)[C]2[CH]1.[Fe]. The molecule has 3 fully saturated rings. The van der Waals surface area contributed by atoms with E-state index in [1.807, 2.05) is 74.6 Å². The van der Waals surface area contributed by atoms with Crippen LogP contribution in [0.25, 0.3) is 5.57 Å². The maximum absolute atomic E-state index is 12.8. The quantitative estimate of drug-likeness (QED) is 0.199. The molecule has 4 aliphatic rings. The Balaban J connectivity index is 0.000000212. The molecular formula is C43H54FeN2O2. The summed E-state index contributed by atoms with van der Waals surface area (Å²) in [5.41, 5.74) is 3.96. The summed E-state index contributed by atoms with van der Waals surface area (Å²) in [5.74, 6) is 9.15. The number of ether oxygens (including phenoxy) is 1.